The molecule has 2 fully saturated rings. The zero-order valence-electron chi connectivity index (χ0n) is 11.8. The lowest BCUT2D eigenvalue weighted by Gasteiger charge is -2.27. The maximum Gasteiger partial charge on any atom is 0.223 e. The summed E-state index contributed by atoms with van der Waals surface area (Å²) in [4.78, 5) is 14.0. The molecule has 2 aliphatic rings. The van der Waals surface area contributed by atoms with Gasteiger partial charge < -0.3 is 10.2 Å². The molecule has 1 unspecified atom stereocenters. The van der Waals surface area contributed by atoms with Crippen LogP contribution in [0.4, 0.5) is 0 Å². The molecule has 0 spiro atoms. The molecule has 0 aromatic carbocycles. The second-order valence-corrected chi connectivity index (χ2v) is 5.98. The predicted molar refractivity (Wildman–Crippen MR) is 74.5 cm³/mol. The Hall–Kier alpha value is -0.570. The van der Waals surface area contributed by atoms with Crippen molar-refractivity contribution in [1.82, 2.24) is 10.2 Å². The van der Waals surface area contributed by atoms with Gasteiger partial charge in [-0.25, -0.2) is 0 Å². The van der Waals surface area contributed by atoms with E-state index in [1.54, 1.807) is 0 Å². The van der Waals surface area contributed by atoms with E-state index < -0.39 is 0 Å². The van der Waals surface area contributed by atoms with Crippen molar-refractivity contribution >= 4 is 5.91 Å². The molecule has 1 heterocycles. The number of carbonyl (C=O) groups is 1. The van der Waals surface area contributed by atoms with Gasteiger partial charge in [-0.05, 0) is 44.9 Å². The molecule has 104 valence electrons. The minimum atomic E-state index is 0.348. The molecule has 1 aliphatic heterocycles. The van der Waals surface area contributed by atoms with Crippen LogP contribution in [-0.4, -0.2) is 36.5 Å². The Morgan fingerprint density at radius 1 is 1.17 bits per heavy atom. The van der Waals surface area contributed by atoms with Gasteiger partial charge >= 0.3 is 0 Å². The van der Waals surface area contributed by atoms with E-state index in [2.05, 4.69) is 12.2 Å². The summed E-state index contributed by atoms with van der Waals surface area (Å²) in [7, 11) is 0. The number of likely N-dealkylation sites (tertiary alicyclic amines) is 1. The van der Waals surface area contributed by atoms with Gasteiger partial charge in [0.2, 0.25) is 5.91 Å². The van der Waals surface area contributed by atoms with Crippen LogP contribution >= 0.6 is 0 Å². The fraction of sp³-hybridized carbons (Fsp3) is 0.933. The number of nitrogens with zero attached hydrogens (tertiary/aromatic N) is 1. The average molecular weight is 252 g/mol. The standard InChI is InChI=1S/C15H28N2O/c1-13(14-7-3-4-8-14)16-10-9-15(18)17-11-5-2-6-12-17/h13-14,16H,2-12H2,1H3. The fourth-order valence-electron chi connectivity index (χ4n) is 3.33. The van der Waals surface area contributed by atoms with Gasteiger partial charge in [0.25, 0.3) is 0 Å². The zero-order valence-corrected chi connectivity index (χ0v) is 11.8. The van der Waals surface area contributed by atoms with Crippen LogP contribution in [0.5, 0.6) is 0 Å². The van der Waals surface area contributed by atoms with Gasteiger partial charge in [-0.1, -0.05) is 12.8 Å². The largest absolute Gasteiger partial charge is 0.343 e. The lowest BCUT2D eigenvalue weighted by atomic mass is 10.00. The minimum absolute atomic E-state index is 0.348. The molecule has 2 rings (SSSR count). The zero-order chi connectivity index (χ0) is 12.8. The first kappa shape index (κ1) is 13.9. The molecule has 1 aliphatic carbocycles. The summed E-state index contributed by atoms with van der Waals surface area (Å²) in [5.74, 6) is 1.19. The normalized spacial score (nSPS) is 23.3. The molecular weight excluding hydrogens is 224 g/mol. The lowest BCUT2D eigenvalue weighted by Crippen LogP contribution is -2.39. The topological polar surface area (TPSA) is 32.3 Å². The SMILES string of the molecule is CC(NCCC(=O)N1CCCCC1)C1CCCC1. The van der Waals surface area contributed by atoms with Crippen LogP contribution in [0.1, 0.15) is 58.3 Å². The number of piperidine rings is 1. The summed E-state index contributed by atoms with van der Waals surface area (Å²) in [5.41, 5.74) is 0. The second kappa shape index (κ2) is 7.13. The van der Waals surface area contributed by atoms with E-state index in [-0.39, 0.29) is 0 Å². The van der Waals surface area contributed by atoms with E-state index in [0.717, 1.165) is 25.6 Å². The highest BCUT2D eigenvalue weighted by molar-refractivity contribution is 5.76. The molecular formula is C15H28N2O. The van der Waals surface area contributed by atoms with E-state index in [4.69, 9.17) is 0 Å². The molecule has 0 bridgehead atoms. The van der Waals surface area contributed by atoms with Crippen molar-refractivity contribution in [3.8, 4) is 0 Å². The van der Waals surface area contributed by atoms with Crippen molar-refractivity contribution in [1.29, 1.82) is 0 Å². The van der Waals surface area contributed by atoms with Gasteiger partial charge in [-0.3, -0.25) is 4.79 Å². The van der Waals surface area contributed by atoms with Crippen LogP contribution in [0.3, 0.4) is 0 Å². The molecule has 18 heavy (non-hydrogen) atoms. The highest BCUT2D eigenvalue weighted by Gasteiger charge is 2.21. The van der Waals surface area contributed by atoms with Crippen LogP contribution in [0.15, 0.2) is 0 Å². The molecule has 0 radical (unpaired) electrons. The summed E-state index contributed by atoms with van der Waals surface area (Å²) in [5, 5.41) is 3.55. The van der Waals surface area contributed by atoms with Crippen molar-refractivity contribution in [3.05, 3.63) is 0 Å². The number of hydrogen-bond donors (Lipinski definition) is 1. The summed E-state index contributed by atoms with van der Waals surface area (Å²) in [6.45, 7) is 5.10. The monoisotopic (exact) mass is 252 g/mol. The molecule has 3 nitrogen and oxygen atoms in total. The maximum absolute atomic E-state index is 12.0. The Kier molecular flexibility index (Phi) is 5.48. The minimum Gasteiger partial charge on any atom is -0.343 e. The molecule has 0 aromatic heterocycles. The van der Waals surface area contributed by atoms with Gasteiger partial charge in [0.15, 0.2) is 0 Å². The van der Waals surface area contributed by atoms with Gasteiger partial charge in [-0.2, -0.15) is 0 Å². The third kappa shape index (κ3) is 3.98. The predicted octanol–water partition coefficient (Wildman–Crippen LogP) is 2.56. The highest BCUT2D eigenvalue weighted by atomic mass is 16.2. The van der Waals surface area contributed by atoms with Gasteiger partial charge in [0, 0.05) is 32.1 Å². The summed E-state index contributed by atoms with van der Waals surface area (Å²) in [6, 6.07) is 0.585. The number of carbonyl (C=O) groups excluding carboxylic acids is 1. The van der Waals surface area contributed by atoms with E-state index >= 15 is 0 Å². The maximum atomic E-state index is 12.0. The highest BCUT2D eigenvalue weighted by Crippen LogP contribution is 2.27. The summed E-state index contributed by atoms with van der Waals surface area (Å²) >= 11 is 0. The van der Waals surface area contributed by atoms with Crippen LogP contribution in [0, 0.1) is 5.92 Å². The van der Waals surface area contributed by atoms with Crippen LogP contribution in [0.2, 0.25) is 0 Å². The Balaban J connectivity index is 1.60. The van der Waals surface area contributed by atoms with E-state index in [9.17, 15) is 4.79 Å². The second-order valence-electron chi connectivity index (χ2n) is 5.98. The number of rotatable bonds is 5. The Morgan fingerprint density at radius 2 is 1.83 bits per heavy atom. The van der Waals surface area contributed by atoms with Crippen LogP contribution in [0.25, 0.3) is 0 Å². The molecule has 3 heteroatoms. The van der Waals surface area contributed by atoms with Crippen molar-refractivity contribution in [2.75, 3.05) is 19.6 Å². The van der Waals surface area contributed by atoms with Gasteiger partial charge in [0.1, 0.15) is 0 Å². The molecule has 1 atom stereocenters. The number of nitrogens with one attached hydrogen (secondary N) is 1. The Bertz CT molecular complexity index is 255. The van der Waals surface area contributed by atoms with Crippen LogP contribution in [-0.2, 0) is 4.79 Å². The van der Waals surface area contributed by atoms with Crippen LogP contribution < -0.4 is 5.32 Å². The van der Waals surface area contributed by atoms with E-state index in [1.165, 1.54) is 44.9 Å². The fourth-order valence-corrected chi connectivity index (χ4v) is 3.33. The van der Waals surface area contributed by atoms with E-state index in [0.29, 0.717) is 18.4 Å². The Morgan fingerprint density at radius 3 is 2.50 bits per heavy atom. The van der Waals surface area contributed by atoms with E-state index in [1.807, 2.05) is 4.90 Å². The smallest absolute Gasteiger partial charge is 0.223 e. The van der Waals surface area contributed by atoms with Crippen molar-refractivity contribution in [2.24, 2.45) is 5.92 Å². The molecule has 1 saturated carbocycles. The average Bonchev–Trinajstić information content (AvgIpc) is 2.93. The third-order valence-electron chi connectivity index (χ3n) is 4.62. The van der Waals surface area contributed by atoms with Crippen molar-refractivity contribution in [2.45, 2.75) is 64.3 Å². The Labute approximate surface area is 111 Å². The summed E-state index contributed by atoms with van der Waals surface area (Å²) in [6.07, 6.45) is 9.88. The number of hydrogen-bond acceptors (Lipinski definition) is 2. The van der Waals surface area contributed by atoms with Crippen molar-refractivity contribution in [3.63, 3.8) is 0 Å². The molecule has 0 aromatic rings. The first-order valence-corrected chi connectivity index (χ1v) is 7.78. The molecule has 1 amide bonds. The summed E-state index contributed by atoms with van der Waals surface area (Å²) < 4.78 is 0. The molecule has 1 N–H and O–H groups in total. The van der Waals surface area contributed by atoms with Crippen molar-refractivity contribution < 1.29 is 4.79 Å². The number of amides is 1. The lowest BCUT2D eigenvalue weighted by molar-refractivity contribution is -0.132. The molecule has 1 saturated heterocycles. The first-order valence-electron chi connectivity index (χ1n) is 7.78. The van der Waals surface area contributed by atoms with Gasteiger partial charge in [-0.15, -0.1) is 0 Å². The third-order valence-corrected chi connectivity index (χ3v) is 4.62. The van der Waals surface area contributed by atoms with Gasteiger partial charge in [0.05, 0.1) is 0 Å². The first-order chi connectivity index (χ1) is 8.77. The quantitative estimate of drug-likeness (QED) is 0.815.